The lowest BCUT2D eigenvalue weighted by Crippen LogP contribution is -2.39. The Hall–Kier alpha value is -2.22. The fraction of sp³-hybridized carbons (Fsp3) is 0.300. The highest BCUT2D eigenvalue weighted by atomic mass is 35.5. The first-order valence-electron chi connectivity index (χ1n) is 9.12. The zero-order chi connectivity index (χ0) is 19.6. The van der Waals surface area contributed by atoms with E-state index in [4.69, 9.17) is 16.3 Å². The number of para-hydroxylation sites is 1. The number of benzene rings is 1. The molecular formula is C20H20ClN3O3S. The number of halogens is 1. The van der Waals surface area contributed by atoms with Crippen LogP contribution in [-0.2, 0) is 10.0 Å². The molecule has 8 heteroatoms. The summed E-state index contributed by atoms with van der Waals surface area (Å²) < 4.78 is 33.7. The Morgan fingerprint density at radius 3 is 2.68 bits per heavy atom. The van der Waals surface area contributed by atoms with Gasteiger partial charge in [-0.05, 0) is 30.9 Å². The smallest absolute Gasteiger partial charge is 0.245 e. The zero-order valence-electron chi connectivity index (χ0n) is 15.2. The van der Waals surface area contributed by atoms with Crippen molar-refractivity contribution in [1.82, 2.24) is 14.3 Å². The second kappa shape index (κ2) is 8.03. The van der Waals surface area contributed by atoms with Crippen molar-refractivity contribution in [3.63, 3.8) is 0 Å². The van der Waals surface area contributed by atoms with Gasteiger partial charge in [0.25, 0.3) is 0 Å². The lowest BCUT2D eigenvalue weighted by Gasteiger charge is -2.31. The standard InChI is InChI=1S/C20H20ClN3O3S/c21-17-13-22-10-6-18(17)27-14-15-7-11-24(12-8-15)28(25,26)19-5-1-3-16-4-2-9-23-20(16)19/h1-6,9-10,13,15H,7-8,11-12,14H2. The molecule has 0 unspecified atom stereocenters. The minimum absolute atomic E-state index is 0.267. The van der Waals surface area contributed by atoms with Crippen molar-refractivity contribution >= 4 is 32.5 Å². The molecule has 1 aliphatic heterocycles. The van der Waals surface area contributed by atoms with E-state index in [2.05, 4.69) is 9.97 Å². The molecule has 0 saturated carbocycles. The Labute approximate surface area is 169 Å². The maximum absolute atomic E-state index is 13.2. The number of sulfonamides is 1. The monoisotopic (exact) mass is 417 g/mol. The summed E-state index contributed by atoms with van der Waals surface area (Å²) in [5.41, 5.74) is 0.516. The highest BCUT2D eigenvalue weighted by molar-refractivity contribution is 7.89. The van der Waals surface area contributed by atoms with E-state index in [1.165, 1.54) is 0 Å². The van der Waals surface area contributed by atoms with Crippen LogP contribution in [0.4, 0.5) is 0 Å². The van der Waals surface area contributed by atoms with E-state index in [-0.39, 0.29) is 10.8 Å². The zero-order valence-corrected chi connectivity index (χ0v) is 16.7. The van der Waals surface area contributed by atoms with Crippen LogP contribution < -0.4 is 4.74 Å². The molecule has 1 aromatic carbocycles. The molecule has 3 heterocycles. The first-order valence-corrected chi connectivity index (χ1v) is 10.9. The molecule has 146 valence electrons. The first kappa shape index (κ1) is 19.1. The van der Waals surface area contributed by atoms with Crippen molar-refractivity contribution in [2.45, 2.75) is 17.7 Å². The Balaban J connectivity index is 1.43. The molecule has 0 bridgehead atoms. The number of rotatable bonds is 5. The van der Waals surface area contributed by atoms with Gasteiger partial charge in [0.1, 0.15) is 15.7 Å². The van der Waals surface area contributed by atoms with Gasteiger partial charge in [0.05, 0.1) is 12.1 Å². The molecule has 0 atom stereocenters. The van der Waals surface area contributed by atoms with E-state index in [0.29, 0.717) is 36.0 Å². The Morgan fingerprint density at radius 2 is 1.89 bits per heavy atom. The van der Waals surface area contributed by atoms with Gasteiger partial charge in [0, 0.05) is 43.1 Å². The number of hydrogen-bond donors (Lipinski definition) is 0. The van der Waals surface area contributed by atoms with Gasteiger partial charge < -0.3 is 4.74 Å². The number of pyridine rings is 2. The predicted molar refractivity (Wildman–Crippen MR) is 108 cm³/mol. The fourth-order valence-corrected chi connectivity index (χ4v) is 5.24. The number of fused-ring (bicyclic) bond motifs is 1. The molecule has 0 aliphatic carbocycles. The molecule has 0 spiro atoms. The lowest BCUT2D eigenvalue weighted by molar-refractivity contribution is 0.185. The van der Waals surface area contributed by atoms with E-state index >= 15 is 0 Å². The fourth-order valence-electron chi connectivity index (χ4n) is 3.43. The predicted octanol–water partition coefficient (Wildman–Crippen LogP) is 3.76. The van der Waals surface area contributed by atoms with E-state index in [0.717, 1.165) is 18.2 Å². The second-order valence-corrected chi connectivity index (χ2v) is 9.11. The van der Waals surface area contributed by atoms with Crippen LogP contribution in [0.2, 0.25) is 5.02 Å². The second-order valence-electron chi connectivity index (χ2n) is 6.80. The molecule has 1 saturated heterocycles. The minimum Gasteiger partial charge on any atom is -0.492 e. The molecular weight excluding hydrogens is 398 g/mol. The summed E-state index contributed by atoms with van der Waals surface area (Å²) in [7, 11) is -3.59. The molecule has 3 aromatic rings. The maximum atomic E-state index is 13.2. The van der Waals surface area contributed by atoms with Gasteiger partial charge in [0.2, 0.25) is 10.0 Å². The summed E-state index contributed by atoms with van der Waals surface area (Å²) >= 11 is 6.06. The maximum Gasteiger partial charge on any atom is 0.245 e. The van der Waals surface area contributed by atoms with Gasteiger partial charge in [-0.2, -0.15) is 4.31 Å². The SMILES string of the molecule is O=S(=O)(c1cccc2cccnc12)N1CCC(COc2ccncc2Cl)CC1. The van der Waals surface area contributed by atoms with Gasteiger partial charge >= 0.3 is 0 Å². The van der Waals surface area contributed by atoms with Crippen LogP contribution in [0.1, 0.15) is 12.8 Å². The summed E-state index contributed by atoms with van der Waals surface area (Å²) in [6, 6.07) is 10.7. The quantitative estimate of drug-likeness (QED) is 0.632. The summed E-state index contributed by atoms with van der Waals surface area (Å²) in [6.45, 7) is 1.43. The third kappa shape index (κ3) is 3.83. The number of aromatic nitrogens is 2. The summed E-state index contributed by atoms with van der Waals surface area (Å²) in [4.78, 5) is 8.49. The Kier molecular flexibility index (Phi) is 5.48. The van der Waals surface area contributed by atoms with Gasteiger partial charge in [-0.25, -0.2) is 8.42 Å². The number of hydrogen-bond acceptors (Lipinski definition) is 5. The van der Waals surface area contributed by atoms with E-state index in [9.17, 15) is 8.42 Å². The number of ether oxygens (including phenoxy) is 1. The minimum atomic E-state index is -3.59. The third-order valence-corrected chi connectivity index (χ3v) is 7.21. The van der Waals surface area contributed by atoms with Crippen molar-refractivity contribution < 1.29 is 13.2 Å². The van der Waals surface area contributed by atoms with Gasteiger partial charge in [-0.1, -0.05) is 29.8 Å². The highest BCUT2D eigenvalue weighted by Crippen LogP contribution is 2.29. The number of piperidine rings is 1. The molecule has 6 nitrogen and oxygen atoms in total. The van der Waals surface area contributed by atoms with E-state index < -0.39 is 10.0 Å². The highest BCUT2D eigenvalue weighted by Gasteiger charge is 2.31. The van der Waals surface area contributed by atoms with E-state index in [1.807, 2.05) is 12.1 Å². The molecule has 1 fully saturated rings. The third-order valence-electron chi connectivity index (χ3n) is 5.00. The topological polar surface area (TPSA) is 72.4 Å². The van der Waals surface area contributed by atoms with Gasteiger partial charge in [-0.15, -0.1) is 0 Å². The summed E-state index contributed by atoms with van der Waals surface area (Å²) in [5, 5.41) is 1.30. The van der Waals surface area contributed by atoms with Crippen LogP contribution in [0.5, 0.6) is 5.75 Å². The van der Waals surface area contributed by atoms with Crippen LogP contribution in [0.15, 0.2) is 59.9 Å². The van der Waals surface area contributed by atoms with Gasteiger partial charge in [-0.3, -0.25) is 9.97 Å². The van der Waals surface area contributed by atoms with Crippen LogP contribution in [0, 0.1) is 5.92 Å². The molecule has 0 amide bonds. The molecule has 0 N–H and O–H groups in total. The molecule has 0 radical (unpaired) electrons. The average Bonchev–Trinajstić information content (AvgIpc) is 2.73. The van der Waals surface area contributed by atoms with Crippen LogP contribution in [-0.4, -0.2) is 42.4 Å². The average molecular weight is 418 g/mol. The van der Waals surface area contributed by atoms with Crippen LogP contribution in [0.3, 0.4) is 0 Å². The van der Waals surface area contributed by atoms with Gasteiger partial charge in [0.15, 0.2) is 0 Å². The molecule has 1 aliphatic rings. The van der Waals surface area contributed by atoms with Crippen molar-refractivity contribution in [3.05, 3.63) is 60.0 Å². The Bertz CT molecular complexity index is 1080. The van der Waals surface area contributed by atoms with Crippen LogP contribution in [0.25, 0.3) is 10.9 Å². The van der Waals surface area contributed by atoms with Crippen molar-refractivity contribution in [1.29, 1.82) is 0 Å². The van der Waals surface area contributed by atoms with E-state index in [1.54, 1.807) is 47.2 Å². The number of nitrogens with zero attached hydrogens (tertiary/aromatic N) is 3. The van der Waals surface area contributed by atoms with Crippen molar-refractivity contribution in [2.24, 2.45) is 5.92 Å². The van der Waals surface area contributed by atoms with Crippen LogP contribution >= 0.6 is 11.6 Å². The normalized spacial score (nSPS) is 16.3. The molecule has 4 rings (SSSR count). The lowest BCUT2D eigenvalue weighted by atomic mass is 9.99. The largest absolute Gasteiger partial charge is 0.492 e. The summed E-state index contributed by atoms with van der Waals surface area (Å²) in [5.74, 6) is 0.884. The van der Waals surface area contributed by atoms with Crippen molar-refractivity contribution in [3.8, 4) is 5.75 Å². The van der Waals surface area contributed by atoms with Crippen molar-refractivity contribution in [2.75, 3.05) is 19.7 Å². The first-order chi connectivity index (χ1) is 13.6. The molecule has 2 aromatic heterocycles. The Morgan fingerprint density at radius 1 is 1.11 bits per heavy atom. The summed E-state index contributed by atoms with van der Waals surface area (Å²) in [6.07, 6.45) is 6.27. The molecule has 28 heavy (non-hydrogen) atoms.